The van der Waals surface area contributed by atoms with Crippen molar-refractivity contribution >= 4 is 0 Å². The lowest BCUT2D eigenvalue weighted by Crippen LogP contribution is -2.14. The maximum atomic E-state index is 9.57. The number of allylic oxidation sites excluding steroid dienone is 2. The standard InChI is InChI=1S/C13H24O2/c1-4-6-10-15-11-13(14)9-8-12(3)7-5-2/h5,8,13-14H,2,4,6-7,9-11H2,1,3H3/b12-8-. The third-order valence-corrected chi connectivity index (χ3v) is 2.16. The van der Waals surface area contributed by atoms with Gasteiger partial charge in [0.05, 0.1) is 12.7 Å². The van der Waals surface area contributed by atoms with Crippen molar-refractivity contribution in [3.8, 4) is 0 Å². The van der Waals surface area contributed by atoms with Crippen LogP contribution in [0.5, 0.6) is 0 Å². The summed E-state index contributed by atoms with van der Waals surface area (Å²) in [5, 5.41) is 9.57. The van der Waals surface area contributed by atoms with E-state index in [0.717, 1.165) is 25.9 Å². The average molecular weight is 212 g/mol. The van der Waals surface area contributed by atoms with E-state index >= 15 is 0 Å². The second kappa shape index (κ2) is 9.94. The molecule has 2 heteroatoms. The van der Waals surface area contributed by atoms with Crippen LogP contribution in [-0.2, 0) is 4.74 Å². The SMILES string of the molecule is C=CC/C(C)=C\CC(O)COCCCC. The fraction of sp³-hybridized carbons (Fsp3) is 0.692. The summed E-state index contributed by atoms with van der Waals surface area (Å²) in [5.41, 5.74) is 1.25. The van der Waals surface area contributed by atoms with Crippen molar-refractivity contribution in [3.05, 3.63) is 24.3 Å². The molecule has 0 saturated carbocycles. The molecule has 0 fully saturated rings. The van der Waals surface area contributed by atoms with Gasteiger partial charge in [-0.3, -0.25) is 0 Å². The van der Waals surface area contributed by atoms with E-state index in [1.165, 1.54) is 5.57 Å². The summed E-state index contributed by atoms with van der Waals surface area (Å²) in [6.07, 6.45) is 7.31. The van der Waals surface area contributed by atoms with Crippen LogP contribution >= 0.6 is 0 Å². The van der Waals surface area contributed by atoms with Crippen molar-refractivity contribution in [3.63, 3.8) is 0 Å². The van der Waals surface area contributed by atoms with Crippen LogP contribution in [0.2, 0.25) is 0 Å². The van der Waals surface area contributed by atoms with Crippen LogP contribution in [0.3, 0.4) is 0 Å². The zero-order chi connectivity index (χ0) is 11.5. The molecule has 88 valence electrons. The number of unbranched alkanes of at least 4 members (excludes halogenated alkanes) is 1. The molecule has 0 heterocycles. The van der Waals surface area contributed by atoms with Gasteiger partial charge in [-0.1, -0.05) is 31.1 Å². The minimum absolute atomic E-state index is 0.373. The van der Waals surface area contributed by atoms with Crippen molar-refractivity contribution < 1.29 is 9.84 Å². The first-order chi connectivity index (χ1) is 7.20. The first-order valence-corrected chi connectivity index (χ1v) is 5.73. The van der Waals surface area contributed by atoms with Crippen LogP contribution in [-0.4, -0.2) is 24.4 Å². The van der Waals surface area contributed by atoms with Gasteiger partial charge in [-0.25, -0.2) is 0 Å². The molecular formula is C13H24O2. The van der Waals surface area contributed by atoms with Crippen molar-refractivity contribution in [1.82, 2.24) is 0 Å². The maximum Gasteiger partial charge on any atom is 0.0808 e. The Balaban J connectivity index is 3.51. The Hall–Kier alpha value is -0.600. The van der Waals surface area contributed by atoms with Gasteiger partial charge in [0.1, 0.15) is 0 Å². The van der Waals surface area contributed by atoms with Gasteiger partial charge in [-0.2, -0.15) is 0 Å². The van der Waals surface area contributed by atoms with Crippen LogP contribution in [0.15, 0.2) is 24.3 Å². The molecule has 1 unspecified atom stereocenters. The third kappa shape index (κ3) is 9.70. The molecule has 0 aromatic heterocycles. The van der Waals surface area contributed by atoms with Crippen molar-refractivity contribution in [2.45, 2.75) is 45.6 Å². The van der Waals surface area contributed by atoms with E-state index in [-0.39, 0.29) is 6.10 Å². The molecule has 0 aliphatic carbocycles. The van der Waals surface area contributed by atoms with Gasteiger partial charge >= 0.3 is 0 Å². The molecule has 0 aromatic carbocycles. The monoisotopic (exact) mass is 212 g/mol. The Morgan fingerprint density at radius 1 is 1.53 bits per heavy atom. The van der Waals surface area contributed by atoms with Crippen LogP contribution < -0.4 is 0 Å². The van der Waals surface area contributed by atoms with Gasteiger partial charge in [-0.15, -0.1) is 6.58 Å². The fourth-order valence-corrected chi connectivity index (χ4v) is 1.18. The molecule has 0 spiro atoms. The van der Waals surface area contributed by atoms with Crippen LogP contribution in [0.25, 0.3) is 0 Å². The molecule has 15 heavy (non-hydrogen) atoms. The highest BCUT2D eigenvalue weighted by Gasteiger charge is 2.01. The molecule has 1 atom stereocenters. The minimum Gasteiger partial charge on any atom is -0.390 e. The lowest BCUT2D eigenvalue weighted by Gasteiger charge is -2.09. The molecule has 2 nitrogen and oxygen atoms in total. The lowest BCUT2D eigenvalue weighted by molar-refractivity contribution is 0.0372. The predicted octanol–water partition coefficient (Wildman–Crippen LogP) is 3.08. The second-order valence-electron chi connectivity index (χ2n) is 3.86. The van der Waals surface area contributed by atoms with E-state index in [2.05, 4.69) is 19.6 Å². The van der Waals surface area contributed by atoms with Crippen molar-refractivity contribution in [1.29, 1.82) is 0 Å². The molecule has 0 amide bonds. The quantitative estimate of drug-likeness (QED) is 0.470. The molecule has 0 radical (unpaired) electrons. The van der Waals surface area contributed by atoms with Crippen LogP contribution in [0, 0.1) is 0 Å². The number of ether oxygens (including phenoxy) is 1. The highest BCUT2D eigenvalue weighted by atomic mass is 16.5. The van der Waals surface area contributed by atoms with Gasteiger partial charge < -0.3 is 9.84 Å². The van der Waals surface area contributed by atoms with E-state index in [1.807, 2.05) is 13.0 Å². The number of aliphatic hydroxyl groups excluding tert-OH is 1. The zero-order valence-corrected chi connectivity index (χ0v) is 10.0. The molecule has 0 bridgehead atoms. The Bertz CT molecular complexity index is 185. The molecule has 0 saturated heterocycles. The summed E-state index contributed by atoms with van der Waals surface area (Å²) in [7, 11) is 0. The Morgan fingerprint density at radius 2 is 2.27 bits per heavy atom. The molecule has 0 aliphatic rings. The molecule has 0 aromatic rings. The minimum atomic E-state index is -0.373. The molecular weight excluding hydrogens is 188 g/mol. The Labute approximate surface area is 93.6 Å². The maximum absolute atomic E-state index is 9.57. The van der Waals surface area contributed by atoms with Crippen molar-refractivity contribution in [2.24, 2.45) is 0 Å². The van der Waals surface area contributed by atoms with Gasteiger partial charge in [0, 0.05) is 6.61 Å². The summed E-state index contributed by atoms with van der Waals surface area (Å²) in [5.74, 6) is 0. The third-order valence-electron chi connectivity index (χ3n) is 2.16. The molecule has 0 aliphatic heterocycles. The first-order valence-electron chi connectivity index (χ1n) is 5.73. The highest BCUT2D eigenvalue weighted by molar-refractivity contribution is 5.03. The normalized spacial score (nSPS) is 13.9. The van der Waals surface area contributed by atoms with E-state index in [1.54, 1.807) is 0 Å². The summed E-state index contributed by atoms with van der Waals surface area (Å²) >= 11 is 0. The number of hydrogen-bond donors (Lipinski definition) is 1. The predicted molar refractivity (Wildman–Crippen MR) is 64.9 cm³/mol. The van der Waals surface area contributed by atoms with Gasteiger partial charge in [0.15, 0.2) is 0 Å². The fourth-order valence-electron chi connectivity index (χ4n) is 1.18. The van der Waals surface area contributed by atoms with Gasteiger partial charge in [-0.05, 0) is 26.2 Å². The van der Waals surface area contributed by atoms with Crippen molar-refractivity contribution in [2.75, 3.05) is 13.2 Å². The number of rotatable bonds is 9. The average Bonchev–Trinajstić information content (AvgIpc) is 2.22. The second-order valence-corrected chi connectivity index (χ2v) is 3.86. The van der Waals surface area contributed by atoms with E-state index in [0.29, 0.717) is 13.0 Å². The van der Waals surface area contributed by atoms with Crippen LogP contribution in [0.1, 0.15) is 39.5 Å². The molecule has 0 rings (SSSR count). The summed E-state index contributed by atoms with van der Waals surface area (Å²) < 4.78 is 5.33. The van der Waals surface area contributed by atoms with E-state index in [4.69, 9.17) is 4.74 Å². The van der Waals surface area contributed by atoms with Crippen LogP contribution in [0.4, 0.5) is 0 Å². The highest BCUT2D eigenvalue weighted by Crippen LogP contribution is 2.04. The smallest absolute Gasteiger partial charge is 0.0808 e. The molecule has 1 N–H and O–H groups in total. The van der Waals surface area contributed by atoms with Gasteiger partial charge in [0.2, 0.25) is 0 Å². The first kappa shape index (κ1) is 14.4. The number of hydrogen-bond acceptors (Lipinski definition) is 2. The largest absolute Gasteiger partial charge is 0.390 e. The lowest BCUT2D eigenvalue weighted by atomic mass is 10.1. The zero-order valence-electron chi connectivity index (χ0n) is 10.0. The number of aliphatic hydroxyl groups is 1. The van der Waals surface area contributed by atoms with E-state index in [9.17, 15) is 5.11 Å². The summed E-state index contributed by atoms with van der Waals surface area (Å²) in [6, 6.07) is 0. The van der Waals surface area contributed by atoms with E-state index < -0.39 is 0 Å². The topological polar surface area (TPSA) is 29.5 Å². The van der Waals surface area contributed by atoms with Gasteiger partial charge in [0.25, 0.3) is 0 Å². The summed E-state index contributed by atoms with van der Waals surface area (Å²) in [6.45, 7) is 9.04. The Morgan fingerprint density at radius 3 is 2.87 bits per heavy atom. The Kier molecular flexibility index (Phi) is 9.54. The summed E-state index contributed by atoms with van der Waals surface area (Å²) in [4.78, 5) is 0.